The first-order valence-electron chi connectivity index (χ1n) is 9.89. The third-order valence-electron chi connectivity index (χ3n) is 4.88. The predicted molar refractivity (Wildman–Crippen MR) is 125 cm³/mol. The second kappa shape index (κ2) is 9.05. The van der Waals surface area contributed by atoms with Crippen molar-refractivity contribution in [3.8, 4) is 0 Å². The normalized spacial score (nSPS) is 10.9. The molecule has 0 spiro atoms. The molecule has 0 atom stereocenters. The molecule has 0 radical (unpaired) electrons. The van der Waals surface area contributed by atoms with E-state index in [0.717, 1.165) is 21.9 Å². The molecule has 4 aromatic rings. The topological polar surface area (TPSA) is 70.6 Å². The lowest BCUT2D eigenvalue weighted by molar-refractivity contribution is 0.0954. The summed E-state index contributed by atoms with van der Waals surface area (Å²) in [6.45, 7) is 1.94. The maximum Gasteiger partial charge on any atom is 0.271 e. The van der Waals surface area contributed by atoms with Gasteiger partial charge in [0.05, 0.1) is 6.21 Å². The Kier molecular flexibility index (Phi) is 5.85. The Bertz CT molecular complexity index is 1270. The van der Waals surface area contributed by atoms with Gasteiger partial charge in [0, 0.05) is 22.4 Å². The Labute approximate surface area is 180 Å². The summed E-state index contributed by atoms with van der Waals surface area (Å²) in [5, 5.41) is 9.10. The lowest BCUT2D eigenvalue weighted by atomic mass is 10.1. The fourth-order valence-electron chi connectivity index (χ4n) is 3.28. The van der Waals surface area contributed by atoms with E-state index in [2.05, 4.69) is 15.8 Å². The molecule has 0 aliphatic rings. The van der Waals surface area contributed by atoms with E-state index in [1.165, 1.54) is 0 Å². The zero-order valence-corrected chi connectivity index (χ0v) is 17.0. The smallest absolute Gasteiger partial charge is 0.271 e. The van der Waals surface area contributed by atoms with Crippen LogP contribution in [0.3, 0.4) is 0 Å². The Morgan fingerprint density at radius 3 is 2.32 bits per heavy atom. The quantitative estimate of drug-likeness (QED) is 0.354. The molecule has 5 heteroatoms. The van der Waals surface area contributed by atoms with Crippen LogP contribution in [0.5, 0.6) is 0 Å². The molecule has 0 unspecified atom stereocenters. The summed E-state index contributed by atoms with van der Waals surface area (Å²) in [6.07, 6.45) is 1.64. The highest BCUT2D eigenvalue weighted by Crippen LogP contribution is 2.17. The van der Waals surface area contributed by atoms with Gasteiger partial charge in [-0.1, -0.05) is 60.2 Å². The zero-order chi connectivity index (χ0) is 21.6. The van der Waals surface area contributed by atoms with Gasteiger partial charge in [0.25, 0.3) is 11.8 Å². The molecule has 0 aliphatic heterocycles. The Morgan fingerprint density at radius 2 is 1.52 bits per heavy atom. The lowest BCUT2D eigenvalue weighted by Gasteiger charge is -2.07. The van der Waals surface area contributed by atoms with E-state index in [1.807, 2.05) is 67.6 Å². The SMILES string of the molecule is Cc1cccc(C(=O)Nc2ccc(C(=O)NN=Cc3cccc4ccccc34)cc2)c1. The molecule has 4 aromatic carbocycles. The van der Waals surface area contributed by atoms with E-state index in [4.69, 9.17) is 0 Å². The average Bonchev–Trinajstić information content (AvgIpc) is 2.79. The second-order valence-corrected chi connectivity index (χ2v) is 7.17. The number of hydrogen-bond donors (Lipinski definition) is 2. The van der Waals surface area contributed by atoms with Crippen molar-refractivity contribution in [3.63, 3.8) is 0 Å². The van der Waals surface area contributed by atoms with Crippen molar-refractivity contribution in [2.75, 3.05) is 5.32 Å². The highest BCUT2D eigenvalue weighted by Gasteiger charge is 2.08. The molecule has 0 saturated heterocycles. The Morgan fingerprint density at radius 1 is 0.774 bits per heavy atom. The van der Waals surface area contributed by atoms with Gasteiger partial charge in [-0.2, -0.15) is 5.10 Å². The van der Waals surface area contributed by atoms with Crippen LogP contribution in [0, 0.1) is 6.92 Å². The molecule has 0 saturated carbocycles. The van der Waals surface area contributed by atoms with Crippen LogP contribution < -0.4 is 10.7 Å². The van der Waals surface area contributed by atoms with Crippen molar-refractivity contribution >= 4 is 34.5 Å². The first-order valence-corrected chi connectivity index (χ1v) is 9.89. The number of aryl methyl sites for hydroxylation is 1. The fourth-order valence-corrected chi connectivity index (χ4v) is 3.28. The number of nitrogens with one attached hydrogen (secondary N) is 2. The Hall–Kier alpha value is -4.25. The molecule has 152 valence electrons. The van der Waals surface area contributed by atoms with Crippen LogP contribution in [0.25, 0.3) is 10.8 Å². The van der Waals surface area contributed by atoms with E-state index in [9.17, 15) is 9.59 Å². The molecule has 0 fully saturated rings. The number of hydrogen-bond acceptors (Lipinski definition) is 3. The largest absolute Gasteiger partial charge is 0.322 e. The summed E-state index contributed by atoms with van der Waals surface area (Å²) in [7, 11) is 0. The van der Waals surface area contributed by atoms with E-state index >= 15 is 0 Å². The highest BCUT2D eigenvalue weighted by atomic mass is 16.2. The van der Waals surface area contributed by atoms with Crippen LogP contribution in [0.1, 0.15) is 31.8 Å². The van der Waals surface area contributed by atoms with Crippen LogP contribution in [-0.4, -0.2) is 18.0 Å². The monoisotopic (exact) mass is 407 g/mol. The van der Waals surface area contributed by atoms with Gasteiger partial charge in [0.15, 0.2) is 0 Å². The number of benzene rings is 4. The third kappa shape index (κ3) is 4.85. The van der Waals surface area contributed by atoms with Crippen molar-refractivity contribution in [2.45, 2.75) is 6.92 Å². The van der Waals surface area contributed by atoms with Gasteiger partial charge < -0.3 is 5.32 Å². The number of amides is 2. The summed E-state index contributed by atoms with van der Waals surface area (Å²) in [5.74, 6) is -0.520. The summed E-state index contributed by atoms with van der Waals surface area (Å²) in [5.41, 5.74) is 6.14. The lowest BCUT2D eigenvalue weighted by Crippen LogP contribution is -2.18. The number of nitrogens with zero attached hydrogens (tertiary/aromatic N) is 1. The van der Waals surface area contributed by atoms with E-state index < -0.39 is 0 Å². The van der Waals surface area contributed by atoms with E-state index in [0.29, 0.717) is 16.8 Å². The van der Waals surface area contributed by atoms with E-state index in [-0.39, 0.29) is 11.8 Å². The van der Waals surface area contributed by atoms with Crippen LogP contribution in [0.4, 0.5) is 5.69 Å². The summed E-state index contributed by atoms with van der Waals surface area (Å²) in [6, 6.07) is 28.0. The van der Waals surface area contributed by atoms with Crippen molar-refractivity contribution in [3.05, 3.63) is 113 Å². The van der Waals surface area contributed by atoms with Gasteiger partial charge >= 0.3 is 0 Å². The van der Waals surface area contributed by atoms with Crippen LogP contribution in [-0.2, 0) is 0 Å². The van der Waals surface area contributed by atoms with Gasteiger partial charge in [0.2, 0.25) is 0 Å². The number of anilines is 1. The standard InChI is InChI=1S/C26H21N3O2/c1-18-6-4-9-21(16-18)25(30)28-23-14-12-20(13-15-23)26(31)29-27-17-22-10-5-8-19-7-2-3-11-24(19)22/h2-17H,1H3,(H,28,30)(H,29,31). The number of hydrazone groups is 1. The predicted octanol–water partition coefficient (Wildman–Crippen LogP) is 5.16. The van der Waals surface area contributed by atoms with Crippen LogP contribution in [0.2, 0.25) is 0 Å². The molecule has 0 bridgehead atoms. The van der Waals surface area contributed by atoms with Crippen molar-refractivity contribution in [1.82, 2.24) is 5.43 Å². The molecule has 4 rings (SSSR count). The third-order valence-corrected chi connectivity index (χ3v) is 4.88. The highest BCUT2D eigenvalue weighted by molar-refractivity contribution is 6.05. The first-order chi connectivity index (χ1) is 15.1. The first kappa shape index (κ1) is 20.0. The number of carbonyl (C=O) groups excluding carboxylic acids is 2. The molecule has 31 heavy (non-hydrogen) atoms. The van der Waals surface area contributed by atoms with Gasteiger partial charge in [-0.3, -0.25) is 9.59 Å². The molecule has 2 N–H and O–H groups in total. The van der Waals surface area contributed by atoms with Crippen LogP contribution in [0.15, 0.2) is 96.1 Å². The number of rotatable bonds is 5. The molecule has 2 amide bonds. The van der Waals surface area contributed by atoms with Gasteiger partial charge in [0.1, 0.15) is 0 Å². The molecule has 5 nitrogen and oxygen atoms in total. The average molecular weight is 407 g/mol. The zero-order valence-electron chi connectivity index (χ0n) is 17.0. The summed E-state index contributed by atoms with van der Waals surface area (Å²) in [4.78, 5) is 24.7. The summed E-state index contributed by atoms with van der Waals surface area (Å²) >= 11 is 0. The minimum Gasteiger partial charge on any atom is -0.322 e. The fraction of sp³-hybridized carbons (Fsp3) is 0.0385. The van der Waals surface area contributed by atoms with Gasteiger partial charge in [-0.15, -0.1) is 0 Å². The maximum atomic E-state index is 12.4. The minimum atomic E-state index is -0.326. The maximum absolute atomic E-state index is 12.4. The van der Waals surface area contributed by atoms with Crippen molar-refractivity contribution < 1.29 is 9.59 Å². The van der Waals surface area contributed by atoms with Gasteiger partial charge in [-0.25, -0.2) is 5.43 Å². The van der Waals surface area contributed by atoms with Crippen molar-refractivity contribution in [1.29, 1.82) is 0 Å². The van der Waals surface area contributed by atoms with Crippen LogP contribution >= 0.6 is 0 Å². The summed E-state index contributed by atoms with van der Waals surface area (Å²) < 4.78 is 0. The molecular formula is C26H21N3O2. The molecular weight excluding hydrogens is 386 g/mol. The van der Waals surface area contributed by atoms with E-state index in [1.54, 1.807) is 36.5 Å². The van der Waals surface area contributed by atoms with Gasteiger partial charge in [-0.05, 0) is 54.1 Å². The van der Waals surface area contributed by atoms with Crippen molar-refractivity contribution in [2.24, 2.45) is 5.10 Å². The number of fused-ring (bicyclic) bond motifs is 1. The Balaban J connectivity index is 1.39. The number of carbonyl (C=O) groups is 2. The minimum absolute atomic E-state index is 0.194. The second-order valence-electron chi connectivity index (χ2n) is 7.17. The molecule has 0 aliphatic carbocycles. The molecule has 0 aromatic heterocycles. The molecule has 0 heterocycles.